The molecule has 0 unspecified atom stereocenters. The molecule has 1 aromatic heterocycles. The fraction of sp³-hybridized carbons (Fsp3) is 0.462. The molecule has 18 heavy (non-hydrogen) atoms. The van der Waals surface area contributed by atoms with E-state index >= 15 is 0 Å². The van der Waals surface area contributed by atoms with Gasteiger partial charge >= 0.3 is 0 Å². The van der Waals surface area contributed by atoms with Crippen molar-refractivity contribution in [1.29, 1.82) is 0 Å². The molecule has 5 heteroatoms. The molecule has 1 aliphatic carbocycles. The number of imidazole rings is 1. The summed E-state index contributed by atoms with van der Waals surface area (Å²) in [6.07, 6.45) is 0.945. The minimum absolute atomic E-state index is 0.0319. The van der Waals surface area contributed by atoms with Gasteiger partial charge in [0.05, 0.1) is 5.52 Å². The average molecular weight is 315 g/mol. The third-order valence-corrected chi connectivity index (χ3v) is 4.23. The van der Waals surface area contributed by atoms with Gasteiger partial charge < -0.3 is 4.98 Å². The van der Waals surface area contributed by atoms with Gasteiger partial charge in [-0.25, -0.2) is 13.8 Å². The van der Waals surface area contributed by atoms with E-state index in [-0.39, 0.29) is 18.8 Å². The van der Waals surface area contributed by atoms with Crippen molar-refractivity contribution >= 4 is 27.0 Å². The highest BCUT2D eigenvalue weighted by Crippen LogP contribution is 2.40. The molecular weight excluding hydrogens is 302 g/mol. The Hall–Kier alpha value is -0.970. The van der Waals surface area contributed by atoms with Gasteiger partial charge in [-0.05, 0) is 40.9 Å². The van der Waals surface area contributed by atoms with Gasteiger partial charge in [-0.2, -0.15) is 0 Å². The van der Waals surface area contributed by atoms with Gasteiger partial charge in [0.15, 0.2) is 0 Å². The van der Waals surface area contributed by atoms with Crippen LogP contribution in [0.25, 0.3) is 11.0 Å². The summed E-state index contributed by atoms with van der Waals surface area (Å²) >= 11 is 3.45. The normalized spacial score (nSPS) is 20.4. The molecule has 1 fully saturated rings. The Bertz CT molecular complexity index is 569. The van der Waals surface area contributed by atoms with Crippen molar-refractivity contribution in [3.63, 3.8) is 0 Å². The van der Waals surface area contributed by atoms with E-state index in [0.717, 1.165) is 21.3 Å². The highest BCUT2D eigenvalue weighted by molar-refractivity contribution is 9.10. The van der Waals surface area contributed by atoms with Gasteiger partial charge in [-0.3, -0.25) is 0 Å². The number of alkyl halides is 2. The first-order chi connectivity index (χ1) is 8.55. The minimum Gasteiger partial charge on any atom is -0.342 e. The zero-order valence-electron chi connectivity index (χ0n) is 9.72. The smallest absolute Gasteiger partial charge is 0.248 e. The number of aromatic nitrogens is 2. The van der Waals surface area contributed by atoms with E-state index in [0.29, 0.717) is 12.8 Å². The third-order valence-electron chi connectivity index (χ3n) is 3.59. The van der Waals surface area contributed by atoms with Crippen LogP contribution in [0.3, 0.4) is 0 Å². The molecule has 1 aliphatic rings. The molecular formula is C13H13BrF2N2. The minimum atomic E-state index is -2.48. The number of halogens is 3. The Morgan fingerprint density at radius 3 is 2.67 bits per heavy atom. The average Bonchev–Trinajstić information content (AvgIpc) is 2.74. The molecule has 96 valence electrons. The number of hydrogen-bond donors (Lipinski definition) is 1. The van der Waals surface area contributed by atoms with Crippen molar-refractivity contribution in [3.05, 3.63) is 28.5 Å². The Balaban J connectivity index is 1.89. The predicted octanol–water partition coefficient (Wildman–Crippen LogP) is 4.62. The molecule has 2 nitrogen and oxygen atoms in total. The third kappa shape index (κ3) is 2.16. The van der Waals surface area contributed by atoms with E-state index in [1.54, 1.807) is 0 Å². The summed E-state index contributed by atoms with van der Waals surface area (Å²) < 4.78 is 27.2. The number of para-hydroxylation sites is 1. The Morgan fingerprint density at radius 1 is 1.28 bits per heavy atom. The first kappa shape index (κ1) is 12.1. The number of hydrogen-bond acceptors (Lipinski definition) is 1. The number of benzene rings is 1. The molecule has 0 spiro atoms. The van der Waals surface area contributed by atoms with Crippen molar-refractivity contribution in [3.8, 4) is 0 Å². The van der Waals surface area contributed by atoms with E-state index in [2.05, 4.69) is 25.9 Å². The second-order valence-electron chi connectivity index (χ2n) is 4.89. The second kappa shape index (κ2) is 4.30. The summed E-state index contributed by atoms with van der Waals surface area (Å²) in [5.74, 6) is -1.51. The van der Waals surface area contributed by atoms with Crippen molar-refractivity contribution in [1.82, 2.24) is 9.97 Å². The highest BCUT2D eigenvalue weighted by Gasteiger charge is 2.36. The van der Waals surface area contributed by atoms with E-state index in [4.69, 9.17) is 0 Å². The second-order valence-corrected chi connectivity index (χ2v) is 5.74. The molecule has 0 atom stereocenters. The number of rotatable bonds is 1. The van der Waals surface area contributed by atoms with Crippen LogP contribution < -0.4 is 0 Å². The maximum atomic E-state index is 13.1. The van der Waals surface area contributed by atoms with E-state index < -0.39 is 5.92 Å². The van der Waals surface area contributed by atoms with Crippen LogP contribution in [-0.4, -0.2) is 15.9 Å². The summed E-state index contributed by atoms with van der Waals surface area (Å²) in [5, 5.41) is 0. The van der Waals surface area contributed by atoms with Crippen LogP contribution in [0.2, 0.25) is 0 Å². The maximum absolute atomic E-state index is 13.1. The molecule has 0 saturated heterocycles. The maximum Gasteiger partial charge on any atom is 0.248 e. The van der Waals surface area contributed by atoms with Gasteiger partial charge in [0.1, 0.15) is 11.3 Å². The molecule has 1 N–H and O–H groups in total. The van der Waals surface area contributed by atoms with Gasteiger partial charge in [-0.1, -0.05) is 6.07 Å². The zero-order valence-corrected chi connectivity index (χ0v) is 11.3. The summed E-state index contributed by atoms with van der Waals surface area (Å²) in [7, 11) is 0. The number of nitrogens with one attached hydrogen (secondary N) is 1. The van der Waals surface area contributed by atoms with E-state index in [1.807, 2.05) is 18.2 Å². The first-order valence-electron chi connectivity index (χ1n) is 6.07. The topological polar surface area (TPSA) is 28.7 Å². The Morgan fingerprint density at radius 2 is 2.00 bits per heavy atom. The lowest BCUT2D eigenvalue weighted by Crippen LogP contribution is -2.24. The molecule has 0 amide bonds. The van der Waals surface area contributed by atoms with Crippen LogP contribution in [0, 0.1) is 0 Å². The fourth-order valence-electron chi connectivity index (χ4n) is 2.52. The molecule has 0 bridgehead atoms. The van der Waals surface area contributed by atoms with Crippen LogP contribution >= 0.6 is 15.9 Å². The molecule has 0 aliphatic heterocycles. The highest BCUT2D eigenvalue weighted by atomic mass is 79.9. The zero-order chi connectivity index (χ0) is 12.8. The largest absolute Gasteiger partial charge is 0.342 e. The van der Waals surface area contributed by atoms with Crippen molar-refractivity contribution in [2.75, 3.05) is 0 Å². The summed E-state index contributed by atoms with van der Waals surface area (Å²) in [6.45, 7) is 0. The Kier molecular flexibility index (Phi) is 2.88. The molecule has 3 rings (SSSR count). The quantitative estimate of drug-likeness (QED) is 0.817. The van der Waals surface area contributed by atoms with Crippen LogP contribution in [0.4, 0.5) is 8.78 Å². The SMILES string of the molecule is FC1(F)CCC(c2nc3c(Br)cccc3[nH]2)CC1. The summed E-state index contributed by atoms with van der Waals surface area (Å²) in [6, 6.07) is 5.82. The molecule has 1 aromatic carbocycles. The van der Waals surface area contributed by atoms with Crippen LogP contribution in [0.5, 0.6) is 0 Å². The van der Waals surface area contributed by atoms with Crippen molar-refractivity contribution in [2.45, 2.75) is 37.5 Å². The summed E-state index contributed by atoms with van der Waals surface area (Å²) in [4.78, 5) is 7.78. The number of H-pyrrole nitrogens is 1. The fourth-order valence-corrected chi connectivity index (χ4v) is 2.98. The lowest BCUT2D eigenvalue weighted by atomic mass is 9.86. The monoisotopic (exact) mass is 314 g/mol. The van der Waals surface area contributed by atoms with E-state index in [1.165, 1.54) is 0 Å². The summed E-state index contributed by atoms with van der Waals surface area (Å²) in [5.41, 5.74) is 1.83. The Labute approximate surface area is 112 Å². The first-order valence-corrected chi connectivity index (χ1v) is 6.86. The van der Waals surface area contributed by atoms with Gasteiger partial charge in [0, 0.05) is 23.2 Å². The molecule has 1 saturated carbocycles. The lowest BCUT2D eigenvalue weighted by molar-refractivity contribution is -0.0387. The van der Waals surface area contributed by atoms with Gasteiger partial charge in [0.25, 0.3) is 0 Å². The molecule has 1 heterocycles. The van der Waals surface area contributed by atoms with Gasteiger partial charge in [-0.15, -0.1) is 0 Å². The number of nitrogens with zero attached hydrogens (tertiary/aromatic N) is 1. The van der Waals surface area contributed by atoms with Crippen LogP contribution in [0.15, 0.2) is 22.7 Å². The number of aromatic amines is 1. The van der Waals surface area contributed by atoms with Gasteiger partial charge in [0.2, 0.25) is 5.92 Å². The van der Waals surface area contributed by atoms with Crippen LogP contribution in [0.1, 0.15) is 37.4 Å². The molecule has 2 aromatic rings. The molecule has 0 radical (unpaired) electrons. The van der Waals surface area contributed by atoms with Crippen molar-refractivity contribution < 1.29 is 8.78 Å². The standard InChI is InChI=1S/C13H13BrF2N2/c14-9-2-1-3-10-11(9)18-12(17-10)8-4-6-13(15,16)7-5-8/h1-3,8H,4-7H2,(H,17,18). The lowest BCUT2D eigenvalue weighted by Gasteiger charge is -2.26. The van der Waals surface area contributed by atoms with Crippen molar-refractivity contribution in [2.24, 2.45) is 0 Å². The van der Waals surface area contributed by atoms with E-state index in [9.17, 15) is 8.78 Å². The predicted molar refractivity (Wildman–Crippen MR) is 69.9 cm³/mol. The number of fused-ring (bicyclic) bond motifs is 1. The van der Waals surface area contributed by atoms with Crippen LogP contribution in [-0.2, 0) is 0 Å².